The maximum atomic E-state index is 12.3. The van der Waals surface area contributed by atoms with Crippen molar-refractivity contribution in [1.29, 1.82) is 0 Å². The Bertz CT molecular complexity index is 818. The zero-order valence-corrected chi connectivity index (χ0v) is 18.3. The van der Waals surface area contributed by atoms with E-state index in [1.165, 1.54) is 43.9 Å². The van der Waals surface area contributed by atoms with E-state index in [1.54, 1.807) is 14.2 Å². The molecule has 0 unspecified atom stereocenters. The minimum absolute atomic E-state index is 0.00586. The van der Waals surface area contributed by atoms with Crippen LogP contribution >= 0.6 is 11.8 Å². The number of nitrogens with zero attached hydrogens (tertiary/aromatic N) is 3. The van der Waals surface area contributed by atoms with Gasteiger partial charge in [-0.05, 0) is 43.9 Å². The summed E-state index contributed by atoms with van der Waals surface area (Å²) in [5, 5.41) is 12.4. The van der Waals surface area contributed by atoms with E-state index in [4.69, 9.17) is 9.47 Å². The minimum atomic E-state index is 0.00586. The third-order valence-electron chi connectivity index (χ3n) is 5.29. The Morgan fingerprint density at radius 3 is 2.66 bits per heavy atom. The Balaban J connectivity index is 1.47. The van der Waals surface area contributed by atoms with Crippen LogP contribution < -0.4 is 14.8 Å². The molecule has 1 aliphatic carbocycles. The predicted molar refractivity (Wildman–Crippen MR) is 114 cm³/mol. The van der Waals surface area contributed by atoms with Gasteiger partial charge in [0, 0.05) is 12.6 Å². The maximum Gasteiger partial charge on any atom is 0.230 e. The molecular formula is C21H30N4O3S. The molecule has 158 valence electrons. The smallest absolute Gasteiger partial charge is 0.230 e. The number of aromatic nitrogens is 3. The fourth-order valence-electron chi connectivity index (χ4n) is 3.77. The summed E-state index contributed by atoms with van der Waals surface area (Å²) in [6.45, 7) is 2.57. The molecule has 7 nitrogen and oxygen atoms in total. The quantitative estimate of drug-likeness (QED) is 0.628. The van der Waals surface area contributed by atoms with Crippen molar-refractivity contribution >= 4 is 17.7 Å². The summed E-state index contributed by atoms with van der Waals surface area (Å²) < 4.78 is 12.8. The molecule has 1 heterocycles. The van der Waals surface area contributed by atoms with E-state index in [0.29, 0.717) is 29.8 Å². The molecule has 1 aromatic carbocycles. The number of hydrogen-bond donors (Lipinski definition) is 1. The highest BCUT2D eigenvalue weighted by Gasteiger charge is 2.21. The summed E-state index contributed by atoms with van der Waals surface area (Å²) in [6, 6.07) is 6.27. The molecule has 1 aromatic heterocycles. The third kappa shape index (κ3) is 5.65. The van der Waals surface area contributed by atoms with Gasteiger partial charge >= 0.3 is 0 Å². The zero-order chi connectivity index (χ0) is 20.6. The van der Waals surface area contributed by atoms with Gasteiger partial charge in [-0.25, -0.2) is 0 Å². The monoisotopic (exact) mass is 418 g/mol. The molecule has 2 aromatic rings. The number of aryl methyl sites for hydroxylation is 1. The molecule has 1 saturated carbocycles. The number of ether oxygens (including phenoxy) is 2. The number of nitrogens with one attached hydrogen (secondary N) is 1. The molecular weight excluding hydrogens is 388 g/mol. The van der Waals surface area contributed by atoms with E-state index in [1.807, 2.05) is 25.1 Å². The summed E-state index contributed by atoms with van der Waals surface area (Å²) in [7, 11) is 3.24. The van der Waals surface area contributed by atoms with Crippen LogP contribution in [0.1, 0.15) is 49.5 Å². The first kappa shape index (κ1) is 21.5. The van der Waals surface area contributed by atoms with Crippen LogP contribution in [0.2, 0.25) is 0 Å². The largest absolute Gasteiger partial charge is 0.493 e. The Hall–Kier alpha value is -2.22. The van der Waals surface area contributed by atoms with Gasteiger partial charge in [0.15, 0.2) is 16.7 Å². The van der Waals surface area contributed by atoms with Gasteiger partial charge in [-0.2, -0.15) is 0 Å². The van der Waals surface area contributed by atoms with Gasteiger partial charge in [0.25, 0.3) is 0 Å². The standard InChI is InChI=1S/C21H30N4O3S/c1-15-23-24-21(25(15)17-7-5-4-6-8-17)29-14-20(26)22-12-11-16-9-10-18(27-2)19(13-16)28-3/h9-10,13,17H,4-8,11-12,14H2,1-3H3,(H,22,26). The van der Waals surface area contributed by atoms with Crippen LogP contribution in [0.4, 0.5) is 0 Å². The Morgan fingerprint density at radius 1 is 1.17 bits per heavy atom. The van der Waals surface area contributed by atoms with Crippen LogP contribution in [0.25, 0.3) is 0 Å². The van der Waals surface area contributed by atoms with Crippen molar-refractivity contribution in [2.75, 3.05) is 26.5 Å². The Morgan fingerprint density at radius 2 is 1.93 bits per heavy atom. The fourth-order valence-corrected chi connectivity index (χ4v) is 4.65. The second-order valence-electron chi connectivity index (χ2n) is 7.27. The summed E-state index contributed by atoms with van der Waals surface area (Å²) in [6.07, 6.45) is 6.89. The number of carbonyl (C=O) groups is 1. The molecule has 0 saturated heterocycles. The van der Waals surface area contributed by atoms with E-state index in [-0.39, 0.29) is 5.91 Å². The first-order valence-electron chi connectivity index (χ1n) is 10.1. The molecule has 0 spiro atoms. The van der Waals surface area contributed by atoms with Gasteiger partial charge < -0.3 is 19.4 Å². The highest BCUT2D eigenvalue weighted by atomic mass is 32.2. The maximum absolute atomic E-state index is 12.3. The number of methoxy groups -OCH3 is 2. The zero-order valence-electron chi connectivity index (χ0n) is 17.4. The van der Waals surface area contributed by atoms with Crippen LogP contribution in [0.15, 0.2) is 23.4 Å². The van der Waals surface area contributed by atoms with E-state index in [9.17, 15) is 4.79 Å². The summed E-state index contributed by atoms with van der Waals surface area (Å²) in [5.41, 5.74) is 1.09. The molecule has 1 amide bonds. The van der Waals surface area contributed by atoms with Gasteiger partial charge in [0.1, 0.15) is 5.82 Å². The third-order valence-corrected chi connectivity index (χ3v) is 6.23. The van der Waals surface area contributed by atoms with Gasteiger partial charge in [-0.1, -0.05) is 37.1 Å². The van der Waals surface area contributed by atoms with E-state index < -0.39 is 0 Å². The molecule has 1 aliphatic rings. The molecule has 1 fully saturated rings. The number of carbonyl (C=O) groups excluding carboxylic acids is 1. The van der Waals surface area contributed by atoms with Crippen molar-refractivity contribution in [2.24, 2.45) is 0 Å². The number of amides is 1. The second-order valence-corrected chi connectivity index (χ2v) is 8.21. The average Bonchev–Trinajstić information content (AvgIpc) is 3.13. The van der Waals surface area contributed by atoms with E-state index in [2.05, 4.69) is 20.1 Å². The average molecular weight is 419 g/mol. The summed E-state index contributed by atoms with van der Waals surface area (Å²) >= 11 is 1.47. The van der Waals surface area contributed by atoms with Gasteiger partial charge in [0.05, 0.1) is 20.0 Å². The van der Waals surface area contributed by atoms with Crippen LogP contribution in [0.5, 0.6) is 11.5 Å². The fraction of sp³-hybridized carbons (Fsp3) is 0.571. The summed E-state index contributed by atoms with van der Waals surface area (Å²) in [5.74, 6) is 2.69. The first-order valence-corrected chi connectivity index (χ1v) is 11.1. The molecule has 8 heteroatoms. The van der Waals surface area contributed by atoms with Crippen molar-refractivity contribution in [3.8, 4) is 11.5 Å². The van der Waals surface area contributed by atoms with Crippen molar-refractivity contribution in [3.05, 3.63) is 29.6 Å². The number of hydrogen-bond acceptors (Lipinski definition) is 6. The first-order chi connectivity index (χ1) is 14.1. The summed E-state index contributed by atoms with van der Waals surface area (Å²) in [4.78, 5) is 12.3. The normalized spacial score (nSPS) is 14.6. The number of rotatable bonds is 9. The van der Waals surface area contributed by atoms with Crippen molar-refractivity contribution in [3.63, 3.8) is 0 Å². The lowest BCUT2D eigenvalue weighted by atomic mass is 9.95. The van der Waals surface area contributed by atoms with Crippen LogP contribution in [0.3, 0.4) is 0 Å². The molecule has 0 bridgehead atoms. The van der Waals surface area contributed by atoms with Crippen molar-refractivity contribution in [1.82, 2.24) is 20.1 Å². The minimum Gasteiger partial charge on any atom is -0.493 e. The molecule has 3 rings (SSSR count). The lowest BCUT2D eigenvalue weighted by molar-refractivity contribution is -0.118. The Kier molecular flexibility index (Phi) is 7.80. The van der Waals surface area contributed by atoms with Gasteiger partial charge in [-0.15, -0.1) is 10.2 Å². The number of thioether (sulfide) groups is 1. The molecule has 0 radical (unpaired) electrons. The lowest BCUT2D eigenvalue weighted by Gasteiger charge is -2.24. The van der Waals surface area contributed by atoms with Gasteiger partial charge in [-0.3, -0.25) is 4.79 Å². The lowest BCUT2D eigenvalue weighted by Crippen LogP contribution is -2.27. The predicted octanol–water partition coefficient (Wildman–Crippen LogP) is 3.56. The van der Waals surface area contributed by atoms with Crippen LogP contribution in [-0.4, -0.2) is 47.2 Å². The topological polar surface area (TPSA) is 78.3 Å². The Labute approximate surface area is 176 Å². The van der Waals surface area contributed by atoms with Gasteiger partial charge in [0.2, 0.25) is 5.91 Å². The van der Waals surface area contributed by atoms with Crippen molar-refractivity contribution in [2.45, 2.75) is 56.6 Å². The van der Waals surface area contributed by atoms with E-state index in [0.717, 1.165) is 23.0 Å². The van der Waals surface area contributed by atoms with Crippen LogP contribution in [-0.2, 0) is 11.2 Å². The SMILES string of the molecule is COc1ccc(CCNC(=O)CSc2nnc(C)n2C2CCCCC2)cc1OC. The van der Waals surface area contributed by atoms with Crippen LogP contribution in [0, 0.1) is 6.92 Å². The highest BCUT2D eigenvalue weighted by molar-refractivity contribution is 7.99. The number of benzene rings is 1. The molecule has 0 aliphatic heterocycles. The molecule has 1 N–H and O–H groups in total. The molecule has 29 heavy (non-hydrogen) atoms. The molecule has 0 atom stereocenters. The van der Waals surface area contributed by atoms with Crippen molar-refractivity contribution < 1.29 is 14.3 Å². The highest BCUT2D eigenvalue weighted by Crippen LogP contribution is 2.32. The second kappa shape index (κ2) is 10.5. The van der Waals surface area contributed by atoms with E-state index >= 15 is 0 Å².